The number of hydrogen-bond donors (Lipinski definition) is 2. The van der Waals surface area contributed by atoms with Gasteiger partial charge >= 0.3 is 6.03 Å². The van der Waals surface area contributed by atoms with Gasteiger partial charge in [-0.05, 0) is 49.7 Å². The highest BCUT2D eigenvalue weighted by atomic mass is 16.2. The smallest absolute Gasteiger partial charge is 0.317 e. The van der Waals surface area contributed by atoms with Gasteiger partial charge in [0.1, 0.15) is 11.5 Å². The Morgan fingerprint density at radius 2 is 1.86 bits per heavy atom. The Morgan fingerprint density at radius 3 is 2.55 bits per heavy atom. The van der Waals surface area contributed by atoms with Crippen molar-refractivity contribution in [3.8, 4) is 28.5 Å². The van der Waals surface area contributed by atoms with Crippen molar-refractivity contribution in [3.05, 3.63) is 65.6 Å². The van der Waals surface area contributed by atoms with Crippen molar-refractivity contribution in [2.75, 3.05) is 5.32 Å². The fraction of sp³-hybridized carbons (Fsp3) is 0.0952. The quantitative estimate of drug-likeness (QED) is 0.561. The molecule has 0 radical (unpaired) electrons. The first-order valence-electron chi connectivity index (χ1n) is 8.86. The Balaban J connectivity index is 2.04. The third-order valence-electron chi connectivity index (χ3n) is 4.37. The molecule has 2 amide bonds. The van der Waals surface area contributed by atoms with Gasteiger partial charge in [-0.2, -0.15) is 10.4 Å². The molecule has 3 aromatic heterocycles. The third kappa shape index (κ3) is 3.49. The SMILES string of the molecule is Cc1cc(-c2c(-c3cccc(C#N)c3)nn3ccc(NC(N)=O)nc23)cc(C)n1. The average molecular weight is 383 g/mol. The maximum atomic E-state index is 11.3. The van der Waals surface area contributed by atoms with Crippen LogP contribution in [0.4, 0.5) is 10.6 Å². The Hall–Kier alpha value is -4.25. The minimum absolute atomic E-state index is 0.325. The fourth-order valence-corrected chi connectivity index (χ4v) is 3.31. The zero-order chi connectivity index (χ0) is 20.5. The van der Waals surface area contributed by atoms with E-state index >= 15 is 0 Å². The van der Waals surface area contributed by atoms with Crippen LogP contribution in [0.15, 0.2) is 48.7 Å². The number of nitrogens with two attached hydrogens (primary N) is 1. The van der Waals surface area contributed by atoms with E-state index in [1.165, 1.54) is 0 Å². The summed E-state index contributed by atoms with van der Waals surface area (Å²) in [5.74, 6) is 0.325. The van der Waals surface area contributed by atoms with Crippen LogP contribution in [-0.2, 0) is 0 Å². The molecule has 0 saturated heterocycles. The molecule has 0 atom stereocenters. The molecule has 8 heteroatoms. The van der Waals surface area contributed by atoms with Gasteiger partial charge in [-0.3, -0.25) is 10.3 Å². The summed E-state index contributed by atoms with van der Waals surface area (Å²) in [4.78, 5) is 20.2. The van der Waals surface area contributed by atoms with Crippen molar-refractivity contribution in [2.24, 2.45) is 5.73 Å². The molecule has 1 aromatic carbocycles. The number of aromatic nitrogens is 4. The first kappa shape index (κ1) is 18.1. The number of anilines is 1. The van der Waals surface area contributed by atoms with E-state index in [0.29, 0.717) is 22.7 Å². The number of pyridine rings is 1. The lowest BCUT2D eigenvalue weighted by Crippen LogP contribution is -2.20. The molecule has 4 rings (SSSR count). The van der Waals surface area contributed by atoms with E-state index in [0.717, 1.165) is 28.1 Å². The molecule has 3 N–H and O–H groups in total. The molecule has 29 heavy (non-hydrogen) atoms. The first-order chi connectivity index (χ1) is 13.9. The van der Waals surface area contributed by atoms with Crippen molar-refractivity contribution >= 4 is 17.5 Å². The number of primary amides is 1. The molecule has 0 spiro atoms. The maximum absolute atomic E-state index is 11.3. The normalized spacial score (nSPS) is 10.7. The van der Waals surface area contributed by atoms with Crippen molar-refractivity contribution < 1.29 is 4.79 Å². The second-order valence-corrected chi connectivity index (χ2v) is 6.63. The topological polar surface area (TPSA) is 122 Å². The molecule has 0 aliphatic rings. The van der Waals surface area contributed by atoms with Crippen LogP contribution in [0.25, 0.3) is 28.0 Å². The summed E-state index contributed by atoms with van der Waals surface area (Å²) in [5, 5.41) is 16.5. The molecule has 0 fully saturated rings. The number of urea groups is 1. The molecule has 142 valence electrons. The predicted octanol–water partition coefficient (Wildman–Crippen LogP) is 3.44. The highest BCUT2D eigenvalue weighted by molar-refractivity contribution is 5.92. The molecule has 0 bridgehead atoms. The van der Waals surface area contributed by atoms with E-state index in [1.807, 2.05) is 38.1 Å². The monoisotopic (exact) mass is 383 g/mol. The van der Waals surface area contributed by atoms with Gasteiger partial charge in [0.15, 0.2) is 5.65 Å². The number of rotatable bonds is 3. The Bertz CT molecular complexity index is 1280. The lowest BCUT2D eigenvalue weighted by atomic mass is 9.99. The molecule has 0 saturated carbocycles. The van der Waals surface area contributed by atoms with Gasteiger partial charge in [-0.25, -0.2) is 14.3 Å². The number of nitriles is 1. The van der Waals surface area contributed by atoms with Crippen LogP contribution in [0.1, 0.15) is 17.0 Å². The number of benzene rings is 1. The van der Waals surface area contributed by atoms with Crippen molar-refractivity contribution in [1.29, 1.82) is 5.26 Å². The minimum atomic E-state index is -0.694. The third-order valence-corrected chi connectivity index (χ3v) is 4.37. The number of carbonyl (C=O) groups is 1. The van der Waals surface area contributed by atoms with E-state index in [1.54, 1.807) is 28.9 Å². The molecule has 0 aliphatic heterocycles. The number of nitrogens with zero attached hydrogens (tertiary/aromatic N) is 5. The van der Waals surface area contributed by atoms with Gasteiger partial charge in [0.05, 0.1) is 17.2 Å². The molecule has 4 aromatic rings. The largest absolute Gasteiger partial charge is 0.351 e. The van der Waals surface area contributed by atoms with Crippen LogP contribution in [-0.4, -0.2) is 25.6 Å². The average Bonchev–Trinajstić information content (AvgIpc) is 3.05. The summed E-state index contributed by atoms with van der Waals surface area (Å²) < 4.78 is 1.64. The Labute approximate surface area is 166 Å². The first-order valence-corrected chi connectivity index (χ1v) is 8.86. The van der Waals surface area contributed by atoms with Crippen LogP contribution in [0, 0.1) is 25.2 Å². The van der Waals surface area contributed by atoms with Crippen molar-refractivity contribution in [1.82, 2.24) is 19.6 Å². The predicted molar refractivity (Wildman–Crippen MR) is 109 cm³/mol. The number of amides is 2. The van der Waals surface area contributed by atoms with Gasteiger partial charge in [-0.15, -0.1) is 0 Å². The highest BCUT2D eigenvalue weighted by Gasteiger charge is 2.19. The van der Waals surface area contributed by atoms with Crippen LogP contribution in [0.5, 0.6) is 0 Å². The maximum Gasteiger partial charge on any atom is 0.317 e. The second kappa shape index (κ2) is 7.05. The van der Waals surface area contributed by atoms with Crippen LogP contribution >= 0.6 is 0 Å². The van der Waals surface area contributed by atoms with Gasteiger partial charge in [0.25, 0.3) is 0 Å². The van der Waals surface area contributed by atoms with Crippen LogP contribution in [0.2, 0.25) is 0 Å². The summed E-state index contributed by atoms with van der Waals surface area (Å²) >= 11 is 0. The summed E-state index contributed by atoms with van der Waals surface area (Å²) in [6.45, 7) is 3.84. The summed E-state index contributed by atoms with van der Waals surface area (Å²) in [5.41, 5.74) is 11.2. The van der Waals surface area contributed by atoms with Crippen molar-refractivity contribution in [3.63, 3.8) is 0 Å². The van der Waals surface area contributed by atoms with E-state index < -0.39 is 6.03 Å². The van der Waals surface area contributed by atoms with E-state index in [9.17, 15) is 10.1 Å². The number of fused-ring (bicyclic) bond motifs is 1. The van der Waals surface area contributed by atoms with Crippen LogP contribution < -0.4 is 11.1 Å². The van der Waals surface area contributed by atoms with Gasteiger partial charge in [-0.1, -0.05) is 12.1 Å². The number of hydrogen-bond acceptors (Lipinski definition) is 5. The second-order valence-electron chi connectivity index (χ2n) is 6.63. The lowest BCUT2D eigenvalue weighted by molar-refractivity contribution is 0.259. The fourth-order valence-electron chi connectivity index (χ4n) is 3.31. The summed E-state index contributed by atoms with van der Waals surface area (Å²) in [7, 11) is 0. The molecule has 0 unspecified atom stereocenters. The van der Waals surface area contributed by atoms with Gasteiger partial charge < -0.3 is 5.73 Å². The molecule has 8 nitrogen and oxygen atoms in total. The van der Waals surface area contributed by atoms with Crippen LogP contribution in [0.3, 0.4) is 0 Å². The summed E-state index contributed by atoms with van der Waals surface area (Å²) in [6, 6.07) is 14.2. The van der Waals surface area contributed by atoms with Crippen molar-refractivity contribution in [2.45, 2.75) is 13.8 Å². The highest BCUT2D eigenvalue weighted by Crippen LogP contribution is 2.35. The summed E-state index contributed by atoms with van der Waals surface area (Å²) in [6.07, 6.45) is 1.70. The number of carbonyl (C=O) groups excluding carboxylic acids is 1. The Kier molecular flexibility index (Phi) is 4.41. The molecular formula is C21H17N7O. The minimum Gasteiger partial charge on any atom is -0.351 e. The zero-order valence-electron chi connectivity index (χ0n) is 15.8. The molecule has 0 aliphatic carbocycles. The van der Waals surface area contributed by atoms with E-state index in [-0.39, 0.29) is 0 Å². The van der Waals surface area contributed by atoms with Gasteiger partial charge in [0.2, 0.25) is 0 Å². The lowest BCUT2D eigenvalue weighted by Gasteiger charge is -2.07. The van der Waals surface area contributed by atoms with E-state index in [2.05, 4.69) is 21.4 Å². The number of aryl methyl sites for hydroxylation is 2. The Morgan fingerprint density at radius 1 is 1.10 bits per heavy atom. The molecular weight excluding hydrogens is 366 g/mol. The molecule has 3 heterocycles. The van der Waals surface area contributed by atoms with Gasteiger partial charge in [0, 0.05) is 23.1 Å². The standard InChI is InChI=1S/C21H17N7O/c1-12-8-16(9-13(2)24-12)18-19(15-5-3-4-14(10-15)11-22)27-28-7-6-17(25-20(18)28)26-21(23)29/h3-10H,1-2H3,(H3,23,25,26,29). The van der Waals surface area contributed by atoms with E-state index in [4.69, 9.17) is 10.8 Å². The zero-order valence-corrected chi connectivity index (χ0v) is 15.8. The number of nitrogens with one attached hydrogen (secondary N) is 1.